The Morgan fingerprint density at radius 2 is 1.43 bits per heavy atom. The molecule has 0 aliphatic carbocycles. The maximum atomic E-state index is 13.5. The van der Waals surface area contributed by atoms with Gasteiger partial charge in [-0.1, -0.05) is 59.8 Å². The lowest BCUT2D eigenvalue weighted by molar-refractivity contribution is -0.120. The molecule has 1 aliphatic heterocycles. The average Bonchev–Trinajstić information content (AvgIpc) is 3.01. The molecule has 3 aromatic carbocycles. The fourth-order valence-electron chi connectivity index (χ4n) is 3.34. The molecule has 30 heavy (non-hydrogen) atoms. The highest BCUT2D eigenvalue weighted by atomic mass is 35.5. The lowest BCUT2D eigenvalue weighted by atomic mass is 10.2. The first-order valence-corrected chi connectivity index (χ1v) is 10.7. The fraction of sp³-hybridized carbons (Fsp3) is 0.0833. The second-order valence-corrected chi connectivity index (χ2v) is 8.11. The number of carbonyl (C=O) groups is 2. The van der Waals surface area contributed by atoms with E-state index in [9.17, 15) is 9.59 Å². The minimum atomic E-state index is -0.341. The molecule has 0 atom stereocenters. The summed E-state index contributed by atoms with van der Waals surface area (Å²) >= 11 is 7.31. The Hall–Kier alpha value is -3.02. The smallest absolute Gasteiger partial charge is 0.283 e. The molecule has 0 aromatic heterocycles. The van der Waals surface area contributed by atoms with Crippen molar-refractivity contribution in [2.75, 3.05) is 16.3 Å². The molecule has 6 heteroatoms. The Morgan fingerprint density at radius 1 is 0.833 bits per heavy atom. The summed E-state index contributed by atoms with van der Waals surface area (Å²) in [6.45, 7) is 2.51. The number of hydrogen-bond acceptors (Lipinski definition) is 4. The van der Waals surface area contributed by atoms with Gasteiger partial charge in [-0.25, -0.2) is 4.90 Å². The predicted molar refractivity (Wildman–Crippen MR) is 123 cm³/mol. The van der Waals surface area contributed by atoms with Crippen LogP contribution in [0.3, 0.4) is 0 Å². The van der Waals surface area contributed by atoms with Crippen LogP contribution in [0.25, 0.3) is 0 Å². The van der Waals surface area contributed by atoms with E-state index in [2.05, 4.69) is 0 Å². The molecule has 150 valence electrons. The summed E-state index contributed by atoms with van der Waals surface area (Å²) in [5.74, 6) is -0.674. The van der Waals surface area contributed by atoms with Crippen LogP contribution in [0.4, 0.5) is 11.4 Å². The molecule has 0 spiro atoms. The van der Waals surface area contributed by atoms with Crippen LogP contribution >= 0.6 is 23.4 Å². The van der Waals surface area contributed by atoms with Crippen LogP contribution in [-0.2, 0) is 9.59 Å². The molecule has 1 heterocycles. The van der Waals surface area contributed by atoms with E-state index in [0.29, 0.717) is 27.9 Å². The van der Waals surface area contributed by atoms with E-state index in [0.717, 1.165) is 10.6 Å². The van der Waals surface area contributed by atoms with Crippen molar-refractivity contribution in [2.45, 2.75) is 11.8 Å². The molecule has 1 aliphatic rings. The van der Waals surface area contributed by atoms with E-state index in [1.165, 1.54) is 16.7 Å². The van der Waals surface area contributed by atoms with Gasteiger partial charge in [0.2, 0.25) is 0 Å². The molecule has 2 amide bonds. The summed E-state index contributed by atoms with van der Waals surface area (Å²) in [4.78, 5) is 31.4. The fourth-order valence-corrected chi connectivity index (χ4v) is 4.46. The number of thioether (sulfide) groups is 1. The zero-order valence-electron chi connectivity index (χ0n) is 16.3. The van der Waals surface area contributed by atoms with Gasteiger partial charge >= 0.3 is 0 Å². The number of imide groups is 1. The third kappa shape index (κ3) is 3.86. The Bertz CT molecular complexity index is 1100. The van der Waals surface area contributed by atoms with Gasteiger partial charge < -0.3 is 4.90 Å². The van der Waals surface area contributed by atoms with E-state index in [4.69, 9.17) is 11.6 Å². The first-order chi connectivity index (χ1) is 14.6. The number of likely N-dealkylation sites (N-methyl/N-ethyl adjacent to an activating group) is 1. The van der Waals surface area contributed by atoms with E-state index < -0.39 is 0 Å². The summed E-state index contributed by atoms with van der Waals surface area (Å²) in [5, 5.41) is 0.546. The maximum Gasteiger partial charge on any atom is 0.283 e. The van der Waals surface area contributed by atoms with Gasteiger partial charge in [0.25, 0.3) is 11.8 Å². The minimum absolute atomic E-state index is 0.333. The normalized spacial score (nSPS) is 13.9. The number of para-hydroxylation sites is 1. The molecule has 0 saturated carbocycles. The highest BCUT2D eigenvalue weighted by Crippen LogP contribution is 2.40. The van der Waals surface area contributed by atoms with Crippen LogP contribution in [0.15, 0.2) is 100 Å². The topological polar surface area (TPSA) is 40.6 Å². The zero-order valence-corrected chi connectivity index (χ0v) is 17.9. The van der Waals surface area contributed by atoms with Gasteiger partial charge in [0.05, 0.1) is 5.69 Å². The van der Waals surface area contributed by atoms with Gasteiger partial charge in [0.15, 0.2) is 0 Å². The number of benzene rings is 3. The summed E-state index contributed by atoms with van der Waals surface area (Å²) in [6.07, 6.45) is 0. The first-order valence-electron chi connectivity index (χ1n) is 9.54. The van der Waals surface area contributed by atoms with Crippen molar-refractivity contribution in [3.05, 3.63) is 101 Å². The molecule has 0 fully saturated rings. The van der Waals surface area contributed by atoms with Crippen LogP contribution in [0.1, 0.15) is 6.92 Å². The molecule has 3 aromatic rings. The summed E-state index contributed by atoms with van der Waals surface area (Å²) < 4.78 is 0. The van der Waals surface area contributed by atoms with Gasteiger partial charge in [0.1, 0.15) is 10.6 Å². The van der Waals surface area contributed by atoms with Crippen molar-refractivity contribution in [3.8, 4) is 0 Å². The van der Waals surface area contributed by atoms with Gasteiger partial charge in [-0.05, 0) is 55.5 Å². The summed E-state index contributed by atoms with van der Waals surface area (Å²) in [7, 11) is 0. The minimum Gasteiger partial charge on any atom is -0.336 e. The third-order valence-electron chi connectivity index (χ3n) is 4.72. The molecule has 4 rings (SSSR count). The molecule has 0 radical (unpaired) electrons. The Morgan fingerprint density at radius 3 is 2.03 bits per heavy atom. The quantitative estimate of drug-likeness (QED) is 0.463. The number of carbonyl (C=O) groups excluding carboxylic acids is 2. The molecular weight excluding hydrogens is 416 g/mol. The number of amides is 2. The first kappa shape index (κ1) is 20.3. The highest BCUT2D eigenvalue weighted by molar-refractivity contribution is 8.04. The van der Waals surface area contributed by atoms with Crippen LogP contribution < -0.4 is 9.80 Å². The van der Waals surface area contributed by atoms with E-state index in [1.807, 2.05) is 72.5 Å². The molecular formula is C24H19ClN2O2S. The van der Waals surface area contributed by atoms with E-state index in [-0.39, 0.29) is 11.8 Å². The Labute approximate surface area is 184 Å². The van der Waals surface area contributed by atoms with E-state index >= 15 is 0 Å². The second kappa shape index (κ2) is 8.78. The van der Waals surface area contributed by atoms with Gasteiger partial charge in [-0.2, -0.15) is 0 Å². The molecule has 0 bridgehead atoms. The maximum absolute atomic E-state index is 13.5. The Kier molecular flexibility index (Phi) is 5.93. The molecule has 0 unspecified atom stereocenters. The van der Waals surface area contributed by atoms with Crippen LogP contribution in [-0.4, -0.2) is 18.4 Å². The van der Waals surface area contributed by atoms with Crippen molar-refractivity contribution in [3.63, 3.8) is 0 Å². The number of anilines is 2. The second-order valence-electron chi connectivity index (χ2n) is 6.59. The third-order valence-corrected chi connectivity index (χ3v) is 6.05. The Balaban J connectivity index is 1.82. The van der Waals surface area contributed by atoms with Crippen LogP contribution in [0.5, 0.6) is 0 Å². The van der Waals surface area contributed by atoms with Crippen molar-refractivity contribution < 1.29 is 9.59 Å². The number of hydrogen-bond donors (Lipinski definition) is 0. The molecule has 0 saturated heterocycles. The van der Waals surface area contributed by atoms with Crippen LogP contribution in [0.2, 0.25) is 5.02 Å². The predicted octanol–water partition coefficient (Wildman–Crippen LogP) is 5.74. The monoisotopic (exact) mass is 434 g/mol. The van der Waals surface area contributed by atoms with Crippen molar-refractivity contribution in [1.82, 2.24) is 0 Å². The number of rotatable bonds is 6. The van der Waals surface area contributed by atoms with Gasteiger partial charge in [0, 0.05) is 22.2 Å². The summed E-state index contributed by atoms with van der Waals surface area (Å²) in [6, 6.07) is 25.9. The lowest BCUT2D eigenvalue weighted by Gasteiger charge is -2.24. The zero-order chi connectivity index (χ0) is 21.1. The highest BCUT2D eigenvalue weighted by Gasteiger charge is 2.42. The van der Waals surface area contributed by atoms with Gasteiger partial charge in [-0.15, -0.1) is 0 Å². The average molecular weight is 435 g/mol. The van der Waals surface area contributed by atoms with Crippen molar-refractivity contribution in [1.29, 1.82) is 0 Å². The van der Waals surface area contributed by atoms with Gasteiger partial charge in [-0.3, -0.25) is 9.59 Å². The largest absolute Gasteiger partial charge is 0.336 e. The number of nitrogens with zero attached hydrogens (tertiary/aromatic N) is 2. The lowest BCUT2D eigenvalue weighted by Crippen LogP contribution is -2.35. The number of halogens is 1. The molecule has 4 nitrogen and oxygen atoms in total. The van der Waals surface area contributed by atoms with E-state index in [1.54, 1.807) is 24.3 Å². The SMILES string of the molecule is CCN(C1=C(Sc2ccccc2)C(=O)N(c2ccc(Cl)cc2)C1=O)c1ccccc1. The van der Waals surface area contributed by atoms with Crippen LogP contribution in [0, 0.1) is 0 Å². The summed E-state index contributed by atoms with van der Waals surface area (Å²) in [5.41, 5.74) is 1.75. The van der Waals surface area contributed by atoms with Crippen molar-refractivity contribution in [2.24, 2.45) is 0 Å². The molecule has 0 N–H and O–H groups in total. The van der Waals surface area contributed by atoms with Crippen molar-refractivity contribution >= 4 is 46.6 Å². The standard InChI is InChI=1S/C24H19ClN2O2S/c1-2-26(18-9-5-3-6-10-18)21-22(30-20-11-7-4-8-12-20)24(29)27(23(21)28)19-15-13-17(25)14-16-19/h3-16H,2H2,1H3.